The molecule has 9 heteroatoms. The molecule has 0 fully saturated rings. The topological polar surface area (TPSA) is 84.4 Å². The molecular weight excluding hydrogens is 371 g/mol. The summed E-state index contributed by atoms with van der Waals surface area (Å²) in [5.74, 6) is 8.21. The Morgan fingerprint density at radius 2 is 1.89 bits per heavy atom. The molecule has 0 unspecified atom stereocenters. The fraction of sp³-hybridized carbons (Fsp3) is 0.222. The van der Waals surface area contributed by atoms with E-state index < -0.39 is 0 Å². The number of hydrogen-bond donors (Lipinski definition) is 1. The number of hydrogen-bond acceptors (Lipinski definition) is 7. The van der Waals surface area contributed by atoms with Gasteiger partial charge < -0.3 is 20.1 Å². The zero-order valence-electron chi connectivity index (χ0n) is 14.7. The Morgan fingerprint density at radius 1 is 1.07 bits per heavy atom. The highest BCUT2D eigenvalue weighted by Gasteiger charge is 2.11. The van der Waals surface area contributed by atoms with E-state index in [9.17, 15) is 4.39 Å². The predicted octanol–water partition coefficient (Wildman–Crippen LogP) is 2.89. The van der Waals surface area contributed by atoms with E-state index >= 15 is 0 Å². The van der Waals surface area contributed by atoms with Gasteiger partial charge in [-0.05, 0) is 24.3 Å². The van der Waals surface area contributed by atoms with Gasteiger partial charge in [0.25, 0.3) is 0 Å². The Balaban J connectivity index is 1.48. The lowest BCUT2D eigenvalue weighted by Gasteiger charge is -2.08. The van der Waals surface area contributed by atoms with Crippen molar-refractivity contribution >= 4 is 11.8 Å². The van der Waals surface area contributed by atoms with Crippen LogP contribution < -0.4 is 20.1 Å². The van der Waals surface area contributed by atoms with E-state index in [1.807, 2.05) is 18.2 Å². The van der Waals surface area contributed by atoms with E-state index in [4.69, 9.17) is 20.1 Å². The lowest BCUT2D eigenvalue weighted by molar-refractivity contribution is 0.289. The molecule has 0 bridgehead atoms. The lowest BCUT2D eigenvalue weighted by atomic mass is 10.3. The average Bonchev–Trinajstić information content (AvgIpc) is 3.04. The van der Waals surface area contributed by atoms with Crippen molar-refractivity contribution in [1.82, 2.24) is 14.9 Å². The molecule has 2 N–H and O–H groups in total. The van der Waals surface area contributed by atoms with Crippen LogP contribution in [0.15, 0.2) is 53.7 Å². The molecule has 1 aromatic heterocycles. The molecule has 2 aromatic carbocycles. The number of benzene rings is 2. The summed E-state index contributed by atoms with van der Waals surface area (Å²) in [6, 6.07) is 13.5. The number of nitrogens with two attached hydrogens (primary N) is 1. The van der Waals surface area contributed by atoms with Crippen molar-refractivity contribution in [2.75, 3.05) is 25.3 Å². The van der Waals surface area contributed by atoms with Crippen LogP contribution in [-0.4, -0.2) is 34.3 Å². The fourth-order valence-corrected chi connectivity index (χ4v) is 2.88. The number of ether oxygens (including phenoxy) is 3. The van der Waals surface area contributed by atoms with Crippen molar-refractivity contribution in [3.8, 4) is 17.2 Å². The molecule has 7 nitrogen and oxygen atoms in total. The van der Waals surface area contributed by atoms with Crippen LogP contribution in [-0.2, 0) is 6.61 Å². The maximum Gasteiger partial charge on any atom is 0.210 e. The molecular formula is C18H19FN4O3S. The van der Waals surface area contributed by atoms with E-state index in [-0.39, 0.29) is 18.2 Å². The maximum atomic E-state index is 13.5. The summed E-state index contributed by atoms with van der Waals surface area (Å²) < 4.78 is 31.1. The first-order valence-electron chi connectivity index (χ1n) is 8.13. The van der Waals surface area contributed by atoms with Crippen molar-refractivity contribution in [2.24, 2.45) is 0 Å². The van der Waals surface area contributed by atoms with Crippen LogP contribution in [0.1, 0.15) is 5.82 Å². The summed E-state index contributed by atoms with van der Waals surface area (Å²) in [5.41, 5.74) is 0. The van der Waals surface area contributed by atoms with Crippen LogP contribution in [0.4, 0.5) is 4.39 Å². The quantitative estimate of drug-likeness (QED) is 0.342. The third-order valence-corrected chi connectivity index (χ3v) is 4.46. The molecule has 0 spiro atoms. The molecule has 0 aliphatic heterocycles. The van der Waals surface area contributed by atoms with E-state index in [0.717, 1.165) is 0 Å². The Kier molecular flexibility index (Phi) is 6.37. The summed E-state index contributed by atoms with van der Waals surface area (Å²) in [6.07, 6.45) is 0. The summed E-state index contributed by atoms with van der Waals surface area (Å²) in [4.78, 5) is 0. The van der Waals surface area contributed by atoms with E-state index in [1.54, 1.807) is 31.4 Å². The van der Waals surface area contributed by atoms with Gasteiger partial charge in [0.1, 0.15) is 18.1 Å². The monoisotopic (exact) mass is 390 g/mol. The van der Waals surface area contributed by atoms with Gasteiger partial charge in [0, 0.05) is 11.8 Å². The second-order valence-electron chi connectivity index (χ2n) is 5.36. The molecule has 3 aromatic rings. The third-order valence-electron chi connectivity index (χ3n) is 3.55. The minimum absolute atomic E-state index is 0.170. The molecule has 0 amide bonds. The average molecular weight is 390 g/mol. The van der Waals surface area contributed by atoms with Crippen LogP contribution in [0.25, 0.3) is 0 Å². The number of methoxy groups -OCH3 is 1. The van der Waals surface area contributed by atoms with Gasteiger partial charge >= 0.3 is 0 Å². The predicted molar refractivity (Wildman–Crippen MR) is 100 cm³/mol. The van der Waals surface area contributed by atoms with Crippen molar-refractivity contribution in [3.63, 3.8) is 0 Å². The highest BCUT2D eigenvalue weighted by Crippen LogP contribution is 2.21. The van der Waals surface area contributed by atoms with Crippen molar-refractivity contribution in [3.05, 3.63) is 60.2 Å². The van der Waals surface area contributed by atoms with Gasteiger partial charge in [0.05, 0.1) is 13.7 Å². The minimum atomic E-state index is -0.388. The molecule has 3 rings (SSSR count). The molecule has 1 heterocycles. The molecule has 27 heavy (non-hydrogen) atoms. The largest absolute Gasteiger partial charge is 0.497 e. The second-order valence-corrected chi connectivity index (χ2v) is 6.43. The van der Waals surface area contributed by atoms with Crippen LogP contribution in [0.3, 0.4) is 0 Å². The normalized spacial score (nSPS) is 10.6. The first kappa shape index (κ1) is 18.8. The van der Waals surface area contributed by atoms with Gasteiger partial charge in [-0.15, -0.1) is 10.2 Å². The van der Waals surface area contributed by atoms with Gasteiger partial charge in [-0.1, -0.05) is 30.0 Å². The number of thioether (sulfide) groups is 1. The molecule has 0 aliphatic carbocycles. The van der Waals surface area contributed by atoms with Gasteiger partial charge in [-0.2, -0.15) is 0 Å². The number of rotatable bonds is 9. The Labute approximate surface area is 160 Å². The highest BCUT2D eigenvalue weighted by atomic mass is 32.2. The molecule has 142 valence electrons. The summed E-state index contributed by atoms with van der Waals surface area (Å²) in [7, 11) is 1.59. The van der Waals surface area contributed by atoms with E-state index in [0.29, 0.717) is 34.8 Å². The summed E-state index contributed by atoms with van der Waals surface area (Å²) >= 11 is 1.36. The maximum absolute atomic E-state index is 13.5. The standard InChI is InChI=1S/C18H19FN4O3S/c1-24-13-5-4-6-14(11-13)26-12-17-21-22-18(23(17)20)27-10-9-25-16-8-3-2-7-15(16)19/h2-8,11H,9-10,12,20H2,1H3. The molecule has 0 aliphatic rings. The fourth-order valence-electron chi connectivity index (χ4n) is 2.19. The summed E-state index contributed by atoms with van der Waals surface area (Å²) in [6.45, 7) is 0.483. The summed E-state index contributed by atoms with van der Waals surface area (Å²) in [5, 5.41) is 8.60. The molecule has 0 atom stereocenters. The van der Waals surface area contributed by atoms with E-state index in [1.165, 1.54) is 22.5 Å². The van der Waals surface area contributed by atoms with Crippen LogP contribution in [0, 0.1) is 5.82 Å². The Bertz CT molecular complexity index is 891. The molecule has 0 saturated carbocycles. The SMILES string of the molecule is COc1cccc(OCc2nnc(SCCOc3ccccc3F)n2N)c1. The minimum Gasteiger partial charge on any atom is -0.497 e. The van der Waals surface area contributed by atoms with Gasteiger partial charge in [0.15, 0.2) is 17.4 Å². The zero-order chi connectivity index (χ0) is 19.1. The number of aromatic nitrogens is 3. The first-order valence-corrected chi connectivity index (χ1v) is 9.12. The third kappa shape index (κ3) is 5.04. The number of para-hydroxylation sites is 1. The van der Waals surface area contributed by atoms with Crippen molar-refractivity contribution in [2.45, 2.75) is 11.8 Å². The van der Waals surface area contributed by atoms with Crippen LogP contribution in [0.2, 0.25) is 0 Å². The van der Waals surface area contributed by atoms with Crippen molar-refractivity contribution < 1.29 is 18.6 Å². The number of nitrogen functional groups attached to an aromatic ring is 1. The number of halogens is 1. The Morgan fingerprint density at radius 3 is 2.70 bits per heavy atom. The van der Waals surface area contributed by atoms with Gasteiger partial charge in [0.2, 0.25) is 5.16 Å². The molecule has 0 saturated heterocycles. The first-order chi connectivity index (χ1) is 13.2. The van der Waals surface area contributed by atoms with Gasteiger partial charge in [-0.3, -0.25) is 0 Å². The Hall–Kier alpha value is -2.94. The van der Waals surface area contributed by atoms with E-state index in [2.05, 4.69) is 10.2 Å². The van der Waals surface area contributed by atoms with Gasteiger partial charge in [-0.25, -0.2) is 9.07 Å². The second kappa shape index (κ2) is 9.13. The van der Waals surface area contributed by atoms with Crippen molar-refractivity contribution in [1.29, 1.82) is 0 Å². The molecule has 0 radical (unpaired) electrons. The highest BCUT2D eigenvalue weighted by molar-refractivity contribution is 7.99. The van der Waals surface area contributed by atoms with Crippen LogP contribution in [0.5, 0.6) is 17.2 Å². The lowest BCUT2D eigenvalue weighted by Crippen LogP contribution is -2.16. The zero-order valence-corrected chi connectivity index (χ0v) is 15.5. The number of nitrogens with zero attached hydrogens (tertiary/aromatic N) is 3. The smallest absolute Gasteiger partial charge is 0.210 e. The van der Waals surface area contributed by atoms with Crippen LogP contribution >= 0.6 is 11.8 Å².